The lowest BCUT2D eigenvalue weighted by Gasteiger charge is -2.10. The summed E-state index contributed by atoms with van der Waals surface area (Å²) >= 11 is 0. The van der Waals surface area contributed by atoms with Crippen LogP contribution in [0.15, 0.2) is 41.3 Å². The molecule has 2 heterocycles. The Kier molecular flexibility index (Phi) is 3.32. The van der Waals surface area contributed by atoms with E-state index in [2.05, 4.69) is 20.6 Å². The van der Waals surface area contributed by atoms with Gasteiger partial charge in [0.15, 0.2) is 0 Å². The van der Waals surface area contributed by atoms with E-state index >= 15 is 0 Å². The summed E-state index contributed by atoms with van der Waals surface area (Å²) in [6.45, 7) is 1.97. The highest BCUT2D eigenvalue weighted by molar-refractivity contribution is 5.35. The van der Waals surface area contributed by atoms with Crippen molar-refractivity contribution in [2.75, 3.05) is 0 Å². The Bertz CT molecular complexity index is 904. The molecule has 8 heteroatoms. The van der Waals surface area contributed by atoms with Crippen LogP contribution in [-0.2, 0) is 13.7 Å². The Morgan fingerprint density at radius 2 is 2.18 bits per heavy atom. The molecule has 0 saturated carbocycles. The van der Waals surface area contributed by atoms with Crippen molar-refractivity contribution in [3.8, 4) is 11.4 Å². The Morgan fingerprint density at radius 3 is 2.91 bits per heavy atom. The molecule has 0 unspecified atom stereocenters. The predicted octanol–water partition coefficient (Wildman–Crippen LogP) is 0.643. The second kappa shape index (κ2) is 5.76. The van der Waals surface area contributed by atoms with Gasteiger partial charge >= 0.3 is 5.69 Å². The second-order valence-corrected chi connectivity index (χ2v) is 4.64. The van der Waals surface area contributed by atoms with E-state index in [0.29, 0.717) is 23.2 Å². The maximum absolute atomic E-state index is 12.0. The summed E-state index contributed by atoms with van der Waals surface area (Å²) in [5.74, 6) is 0.643. The maximum atomic E-state index is 12.0. The molecule has 0 saturated heterocycles. The quantitative estimate of drug-likeness (QED) is 0.703. The maximum Gasteiger partial charge on any atom is 0.368 e. The van der Waals surface area contributed by atoms with Crippen molar-refractivity contribution in [1.29, 1.82) is 0 Å². The third-order valence-electron chi connectivity index (χ3n) is 3.11. The van der Waals surface area contributed by atoms with Gasteiger partial charge in [-0.3, -0.25) is 0 Å². The van der Waals surface area contributed by atoms with E-state index in [-0.39, 0.29) is 12.3 Å². The van der Waals surface area contributed by atoms with Crippen molar-refractivity contribution in [2.24, 2.45) is 7.05 Å². The van der Waals surface area contributed by atoms with Gasteiger partial charge in [-0.25, -0.2) is 4.79 Å². The number of para-hydroxylation sites is 1. The fraction of sp³-hybridized carbons (Fsp3) is 0.214. The van der Waals surface area contributed by atoms with Gasteiger partial charge in [0.2, 0.25) is 0 Å². The fourth-order valence-electron chi connectivity index (χ4n) is 1.92. The number of nitrogens with zero attached hydrogens (tertiary/aromatic N) is 6. The molecule has 0 N–H and O–H groups in total. The molecule has 0 amide bonds. The molecule has 112 valence electrons. The number of ether oxygens (including phenoxy) is 1. The molecule has 0 radical (unpaired) electrons. The smallest absolute Gasteiger partial charge is 0.368 e. The highest BCUT2D eigenvalue weighted by atomic mass is 16.5. The van der Waals surface area contributed by atoms with Crippen molar-refractivity contribution < 1.29 is 6.11 Å². The Labute approximate surface area is 127 Å². The van der Waals surface area contributed by atoms with Gasteiger partial charge in [0.25, 0.3) is 0 Å². The zero-order valence-electron chi connectivity index (χ0n) is 13.1. The standard InChI is InChI=1S/C14H14N6O2/c1-10-5-3-4-6-13(10)22-9-11-12(7-8-15-16-11)20-14(21)19(2)17-18-20/h3-8H,9H2,1-2H3/i3T. The minimum atomic E-state index is -0.381. The molecule has 0 aliphatic carbocycles. The lowest BCUT2D eigenvalue weighted by atomic mass is 10.2. The molecule has 0 aliphatic heterocycles. The highest BCUT2D eigenvalue weighted by Gasteiger charge is 2.13. The van der Waals surface area contributed by atoms with Gasteiger partial charge in [-0.05, 0) is 35.0 Å². The fourth-order valence-corrected chi connectivity index (χ4v) is 1.92. The molecule has 3 aromatic rings. The molecule has 0 bridgehead atoms. The Morgan fingerprint density at radius 1 is 1.32 bits per heavy atom. The van der Waals surface area contributed by atoms with E-state index in [1.807, 2.05) is 6.92 Å². The normalized spacial score (nSPS) is 11.3. The molecule has 0 atom stereocenters. The van der Waals surface area contributed by atoms with Crippen LogP contribution in [-0.4, -0.2) is 30.0 Å². The first-order valence-corrected chi connectivity index (χ1v) is 6.56. The minimum absolute atomic E-state index is 0.115. The Hall–Kier alpha value is -3.03. The second-order valence-electron chi connectivity index (χ2n) is 4.64. The number of rotatable bonds is 4. The lowest BCUT2D eigenvalue weighted by molar-refractivity contribution is 0.297. The average Bonchev–Trinajstić information content (AvgIpc) is 2.86. The molecule has 2 aromatic heterocycles. The summed E-state index contributed by atoms with van der Waals surface area (Å²) in [7, 11) is 1.52. The third-order valence-corrected chi connectivity index (χ3v) is 3.11. The van der Waals surface area contributed by atoms with E-state index in [0.717, 1.165) is 14.9 Å². The zero-order valence-corrected chi connectivity index (χ0v) is 12.1. The molecule has 8 nitrogen and oxygen atoms in total. The molecule has 0 aliphatic rings. The van der Waals surface area contributed by atoms with Crippen LogP contribution in [0.3, 0.4) is 0 Å². The van der Waals surface area contributed by atoms with Crippen LogP contribution in [0.25, 0.3) is 5.69 Å². The number of aromatic nitrogens is 6. The molecular formula is C14H14N6O2. The first-order valence-electron chi connectivity index (χ1n) is 7.06. The van der Waals surface area contributed by atoms with Gasteiger partial charge in [-0.15, -0.1) is 5.10 Å². The van der Waals surface area contributed by atoms with Crippen molar-refractivity contribution >= 4 is 0 Å². The topological polar surface area (TPSA) is 87.7 Å². The summed E-state index contributed by atoms with van der Waals surface area (Å²) < 4.78 is 15.6. The van der Waals surface area contributed by atoms with E-state index in [1.165, 1.54) is 13.2 Å². The van der Waals surface area contributed by atoms with Crippen LogP contribution >= 0.6 is 0 Å². The number of hydrogen-bond acceptors (Lipinski definition) is 6. The first-order chi connectivity index (χ1) is 11.1. The Balaban J connectivity index is 1.89. The van der Waals surface area contributed by atoms with E-state index < -0.39 is 0 Å². The number of benzene rings is 1. The van der Waals surface area contributed by atoms with Crippen molar-refractivity contribution in [2.45, 2.75) is 13.5 Å². The van der Waals surface area contributed by atoms with Crippen LogP contribution in [0.4, 0.5) is 0 Å². The van der Waals surface area contributed by atoms with Gasteiger partial charge in [0.05, 0.1) is 7.57 Å². The van der Waals surface area contributed by atoms with Gasteiger partial charge in [0, 0.05) is 7.05 Å². The molecule has 3 rings (SSSR count). The summed E-state index contributed by atoms with van der Waals surface area (Å²) in [6.07, 6.45) is 1.47. The largest absolute Gasteiger partial charge is 0.487 e. The van der Waals surface area contributed by atoms with Crippen molar-refractivity contribution in [3.63, 3.8) is 0 Å². The van der Waals surface area contributed by atoms with Crippen LogP contribution in [0.2, 0.25) is 0 Å². The predicted molar refractivity (Wildman–Crippen MR) is 77.7 cm³/mol. The third kappa shape index (κ3) is 2.58. The van der Waals surface area contributed by atoms with E-state index in [4.69, 9.17) is 6.11 Å². The molecule has 0 spiro atoms. The number of hydrogen-bond donors (Lipinski definition) is 0. The van der Waals surface area contributed by atoms with Crippen molar-refractivity contribution in [1.82, 2.24) is 30.0 Å². The van der Waals surface area contributed by atoms with E-state index in [9.17, 15) is 4.79 Å². The van der Waals surface area contributed by atoms with Gasteiger partial charge in [0.1, 0.15) is 23.7 Å². The van der Waals surface area contributed by atoms with Crippen molar-refractivity contribution in [3.05, 3.63) is 58.2 Å². The van der Waals surface area contributed by atoms with Crippen LogP contribution < -0.4 is 10.4 Å². The number of tetrazole rings is 1. The summed E-state index contributed by atoms with van der Waals surface area (Å²) in [5.41, 5.74) is 1.39. The average molecular weight is 300 g/mol. The van der Waals surface area contributed by atoms with Crippen LogP contribution in [0, 0.1) is 6.92 Å². The summed E-state index contributed by atoms with van der Waals surface area (Å²) in [5, 5.41) is 15.3. The first kappa shape index (κ1) is 12.7. The van der Waals surface area contributed by atoms with Crippen LogP contribution in [0.1, 0.15) is 12.6 Å². The minimum Gasteiger partial charge on any atom is -0.487 e. The van der Waals surface area contributed by atoms with Crippen LogP contribution in [0.5, 0.6) is 5.75 Å². The summed E-state index contributed by atoms with van der Waals surface area (Å²) in [6, 6.07) is 7.12. The lowest BCUT2D eigenvalue weighted by Crippen LogP contribution is -2.23. The molecule has 22 heavy (non-hydrogen) atoms. The van der Waals surface area contributed by atoms with Gasteiger partial charge in [-0.1, -0.05) is 18.2 Å². The highest BCUT2D eigenvalue weighted by Crippen LogP contribution is 2.18. The SMILES string of the molecule is [3H]c1ccc(OCc2nnccc2-n2nnn(C)c2=O)c(C)c1. The monoisotopic (exact) mass is 300 g/mol. The number of aryl methyl sites for hydroxylation is 2. The molecular weight excluding hydrogens is 284 g/mol. The molecule has 0 fully saturated rings. The van der Waals surface area contributed by atoms with Gasteiger partial charge < -0.3 is 4.74 Å². The zero-order chi connectivity index (χ0) is 16.4. The van der Waals surface area contributed by atoms with Gasteiger partial charge in [-0.2, -0.15) is 14.5 Å². The summed E-state index contributed by atoms with van der Waals surface area (Å²) in [4.78, 5) is 12.0. The molecule has 1 aromatic carbocycles. The van der Waals surface area contributed by atoms with E-state index in [1.54, 1.807) is 24.3 Å².